The largest absolute Gasteiger partial charge is 0.332 e. The van der Waals surface area contributed by atoms with E-state index >= 15 is 0 Å². The molecule has 2 aromatic carbocycles. The average Bonchev–Trinajstić information content (AvgIpc) is 2.93. The Morgan fingerprint density at radius 2 is 1.68 bits per heavy atom. The van der Waals surface area contributed by atoms with E-state index in [0.29, 0.717) is 11.4 Å². The number of carbonyl (C=O) groups excluding carboxylic acids is 3. The Labute approximate surface area is 165 Å². The van der Waals surface area contributed by atoms with Crippen molar-refractivity contribution in [1.82, 2.24) is 4.90 Å². The fourth-order valence-corrected chi connectivity index (χ4v) is 3.40. The van der Waals surface area contributed by atoms with Crippen molar-refractivity contribution in [2.45, 2.75) is 45.7 Å². The van der Waals surface area contributed by atoms with E-state index in [1.165, 1.54) is 10.5 Å². The van der Waals surface area contributed by atoms with Crippen molar-refractivity contribution in [2.24, 2.45) is 0 Å². The molecule has 1 aliphatic rings. The molecular weight excluding hydrogens is 354 g/mol. The van der Waals surface area contributed by atoms with E-state index < -0.39 is 12.1 Å². The Bertz CT molecular complexity index is 862. The number of benzene rings is 2. The number of anilines is 2. The van der Waals surface area contributed by atoms with Gasteiger partial charge in [0.15, 0.2) is 0 Å². The molecule has 1 heterocycles. The third-order valence-electron chi connectivity index (χ3n) is 4.85. The van der Waals surface area contributed by atoms with Crippen molar-refractivity contribution in [1.29, 1.82) is 0 Å². The molecular formula is C22H25N3O3. The van der Waals surface area contributed by atoms with Crippen LogP contribution in [0, 0.1) is 0 Å². The molecule has 0 unspecified atom stereocenters. The second-order valence-corrected chi connectivity index (χ2v) is 7.11. The summed E-state index contributed by atoms with van der Waals surface area (Å²) in [7, 11) is 0. The van der Waals surface area contributed by atoms with E-state index in [0.717, 1.165) is 11.3 Å². The van der Waals surface area contributed by atoms with E-state index in [9.17, 15) is 14.4 Å². The maximum atomic E-state index is 13.0. The predicted octanol–water partition coefficient (Wildman–Crippen LogP) is 3.82. The molecule has 1 fully saturated rings. The van der Waals surface area contributed by atoms with Gasteiger partial charge in [-0.25, -0.2) is 9.69 Å². The number of amides is 4. The zero-order valence-electron chi connectivity index (χ0n) is 16.4. The highest BCUT2D eigenvalue weighted by molar-refractivity contribution is 6.22. The van der Waals surface area contributed by atoms with Crippen LogP contribution in [0.1, 0.15) is 32.8 Å². The fourth-order valence-electron chi connectivity index (χ4n) is 3.40. The minimum Gasteiger partial charge on any atom is -0.326 e. The number of aryl methyl sites for hydroxylation is 1. The molecule has 3 rings (SSSR count). The van der Waals surface area contributed by atoms with Crippen molar-refractivity contribution in [3.63, 3.8) is 0 Å². The summed E-state index contributed by atoms with van der Waals surface area (Å²) < 4.78 is 0. The van der Waals surface area contributed by atoms with Gasteiger partial charge in [-0.15, -0.1) is 0 Å². The molecule has 1 aliphatic heterocycles. The zero-order chi connectivity index (χ0) is 20.3. The van der Waals surface area contributed by atoms with Crippen LogP contribution in [0.25, 0.3) is 0 Å². The molecule has 2 aromatic rings. The third-order valence-corrected chi connectivity index (χ3v) is 4.85. The number of hydrogen-bond acceptors (Lipinski definition) is 3. The topological polar surface area (TPSA) is 69.7 Å². The summed E-state index contributed by atoms with van der Waals surface area (Å²) in [5.41, 5.74) is 2.37. The summed E-state index contributed by atoms with van der Waals surface area (Å²) in [4.78, 5) is 41.1. The summed E-state index contributed by atoms with van der Waals surface area (Å²) in [6.07, 6.45) is 0.840. The summed E-state index contributed by atoms with van der Waals surface area (Å²) in [5.74, 6) is -0.669. The minimum absolute atomic E-state index is 0.0817. The van der Waals surface area contributed by atoms with Crippen LogP contribution in [0.3, 0.4) is 0 Å². The number of urea groups is 1. The Morgan fingerprint density at radius 1 is 1.04 bits per heavy atom. The highest BCUT2D eigenvalue weighted by atomic mass is 16.2. The van der Waals surface area contributed by atoms with Gasteiger partial charge in [0, 0.05) is 11.7 Å². The predicted molar refractivity (Wildman–Crippen MR) is 109 cm³/mol. The molecule has 6 nitrogen and oxygen atoms in total. The van der Waals surface area contributed by atoms with Gasteiger partial charge in [-0.05, 0) is 50.1 Å². The van der Waals surface area contributed by atoms with E-state index in [1.807, 2.05) is 44.2 Å². The maximum Gasteiger partial charge on any atom is 0.332 e. The van der Waals surface area contributed by atoms with Crippen LogP contribution in [0.5, 0.6) is 0 Å². The van der Waals surface area contributed by atoms with Gasteiger partial charge < -0.3 is 10.2 Å². The highest BCUT2D eigenvalue weighted by Crippen LogP contribution is 2.28. The molecule has 0 aromatic heterocycles. The second kappa shape index (κ2) is 8.25. The molecule has 28 heavy (non-hydrogen) atoms. The van der Waals surface area contributed by atoms with Gasteiger partial charge in [-0.2, -0.15) is 0 Å². The normalized spacial score (nSPS) is 16.8. The fraction of sp³-hybridized carbons (Fsp3) is 0.318. The van der Waals surface area contributed by atoms with E-state index in [2.05, 4.69) is 12.2 Å². The van der Waals surface area contributed by atoms with Crippen LogP contribution < -0.4 is 10.2 Å². The van der Waals surface area contributed by atoms with Crippen LogP contribution in [0.15, 0.2) is 54.6 Å². The first-order valence-corrected chi connectivity index (χ1v) is 9.52. The van der Waals surface area contributed by atoms with Gasteiger partial charge in [0.25, 0.3) is 5.91 Å². The highest BCUT2D eigenvalue weighted by Gasteiger charge is 2.47. The number of nitrogens with one attached hydrogen (secondary N) is 1. The lowest BCUT2D eigenvalue weighted by Gasteiger charge is -2.25. The Kier molecular flexibility index (Phi) is 5.78. The zero-order valence-corrected chi connectivity index (χ0v) is 16.4. The van der Waals surface area contributed by atoms with Crippen LogP contribution in [0.4, 0.5) is 16.2 Å². The maximum absolute atomic E-state index is 13.0. The number of nitrogens with zero attached hydrogens (tertiary/aromatic N) is 2. The van der Waals surface area contributed by atoms with Gasteiger partial charge in [-0.1, -0.05) is 37.3 Å². The first-order chi connectivity index (χ1) is 13.4. The summed E-state index contributed by atoms with van der Waals surface area (Å²) in [6.45, 7) is 5.75. The molecule has 0 radical (unpaired) electrons. The van der Waals surface area contributed by atoms with Crippen molar-refractivity contribution >= 4 is 29.2 Å². The Morgan fingerprint density at radius 3 is 2.25 bits per heavy atom. The molecule has 4 amide bonds. The number of carbonyl (C=O) groups is 3. The number of rotatable bonds is 6. The van der Waals surface area contributed by atoms with Crippen LogP contribution in [-0.4, -0.2) is 34.8 Å². The lowest BCUT2D eigenvalue weighted by Crippen LogP contribution is -2.42. The smallest absolute Gasteiger partial charge is 0.326 e. The number of imide groups is 1. The summed E-state index contributed by atoms with van der Waals surface area (Å²) in [5, 5.41) is 2.82. The van der Waals surface area contributed by atoms with Crippen molar-refractivity contribution in [3.8, 4) is 0 Å². The molecule has 0 spiro atoms. The monoisotopic (exact) mass is 379 g/mol. The van der Waals surface area contributed by atoms with Gasteiger partial charge >= 0.3 is 6.03 Å². The summed E-state index contributed by atoms with van der Waals surface area (Å²) in [6, 6.07) is 15.0. The van der Waals surface area contributed by atoms with Crippen molar-refractivity contribution in [2.75, 3.05) is 10.2 Å². The molecule has 0 saturated carbocycles. The first-order valence-electron chi connectivity index (χ1n) is 9.52. The molecule has 0 aliphatic carbocycles. The van der Waals surface area contributed by atoms with Gasteiger partial charge in [-0.3, -0.25) is 9.59 Å². The minimum atomic E-state index is -0.817. The van der Waals surface area contributed by atoms with Crippen LogP contribution in [-0.2, 0) is 16.0 Å². The second-order valence-electron chi connectivity index (χ2n) is 7.11. The lowest BCUT2D eigenvalue weighted by molar-refractivity contribution is -0.124. The van der Waals surface area contributed by atoms with Crippen molar-refractivity contribution in [3.05, 3.63) is 60.2 Å². The van der Waals surface area contributed by atoms with E-state index in [4.69, 9.17) is 0 Å². The third kappa shape index (κ3) is 3.91. The van der Waals surface area contributed by atoms with Gasteiger partial charge in [0.1, 0.15) is 6.04 Å². The first kappa shape index (κ1) is 19.6. The quantitative estimate of drug-likeness (QED) is 0.776. The molecule has 146 valence electrons. The van der Waals surface area contributed by atoms with Crippen LogP contribution in [0.2, 0.25) is 0 Å². The Hall–Kier alpha value is -3.15. The standard InChI is InChI=1S/C22H25N3O3/c1-4-16-10-12-17(13-11-16)23-20(26)14-19-21(27)25(18-8-6-5-7-9-18)22(28)24(19)15(2)3/h5-13,15,19H,4,14H2,1-3H3,(H,23,26)/t19-/m1/s1. The molecule has 6 heteroatoms. The van der Waals surface area contributed by atoms with Crippen LogP contribution >= 0.6 is 0 Å². The van der Waals surface area contributed by atoms with E-state index in [-0.39, 0.29) is 24.3 Å². The average molecular weight is 379 g/mol. The number of hydrogen-bond donors (Lipinski definition) is 1. The van der Waals surface area contributed by atoms with E-state index in [1.54, 1.807) is 24.3 Å². The lowest BCUT2D eigenvalue weighted by atomic mass is 10.1. The van der Waals surface area contributed by atoms with Crippen molar-refractivity contribution < 1.29 is 14.4 Å². The SMILES string of the molecule is CCc1ccc(NC(=O)C[C@@H]2C(=O)N(c3ccccc3)C(=O)N2C(C)C)cc1. The molecule has 1 atom stereocenters. The molecule has 1 saturated heterocycles. The summed E-state index contributed by atoms with van der Waals surface area (Å²) >= 11 is 0. The Balaban J connectivity index is 1.77. The molecule has 1 N–H and O–H groups in total. The molecule has 0 bridgehead atoms. The van der Waals surface area contributed by atoms with Gasteiger partial charge in [0.2, 0.25) is 5.91 Å². The van der Waals surface area contributed by atoms with Gasteiger partial charge in [0.05, 0.1) is 12.1 Å². The number of para-hydroxylation sites is 1.